The van der Waals surface area contributed by atoms with Gasteiger partial charge in [0.05, 0.1) is 16.3 Å². The molecule has 0 aliphatic rings. The average Bonchev–Trinajstić information content (AvgIpc) is 2.84. The molecule has 0 spiro atoms. The molecule has 0 atom stereocenters. The molecule has 106 valence electrons. The number of carboxylic acid groups (broad SMARTS) is 1. The second-order valence-corrected chi connectivity index (χ2v) is 7.28. The highest BCUT2D eigenvalue weighted by molar-refractivity contribution is 7.94. The van der Waals surface area contributed by atoms with E-state index >= 15 is 0 Å². The van der Waals surface area contributed by atoms with Crippen molar-refractivity contribution < 1.29 is 18.3 Å². The van der Waals surface area contributed by atoms with E-state index in [1.165, 1.54) is 5.38 Å². The van der Waals surface area contributed by atoms with Gasteiger partial charge in [0.1, 0.15) is 4.21 Å². The van der Waals surface area contributed by atoms with E-state index in [1.54, 1.807) is 18.2 Å². The second kappa shape index (κ2) is 5.43. The van der Waals surface area contributed by atoms with E-state index < -0.39 is 16.0 Å². The maximum Gasteiger partial charge on any atom is 0.336 e. The third-order valence-electron chi connectivity index (χ3n) is 2.45. The molecule has 0 aliphatic heterocycles. The van der Waals surface area contributed by atoms with Crippen molar-refractivity contribution in [3.05, 3.63) is 45.8 Å². The molecule has 0 unspecified atom stereocenters. The molecular weight excluding hydrogens is 322 g/mol. The first-order chi connectivity index (χ1) is 9.29. The monoisotopic (exact) mass is 331 g/mol. The van der Waals surface area contributed by atoms with Crippen molar-refractivity contribution in [2.45, 2.75) is 11.1 Å². The number of anilines is 1. The second-order valence-electron chi connectivity index (χ2n) is 4.05. The van der Waals surface area contributed by atoms with Crippen LogP contribution in [0.2, 0.25) is 5.02 Å². The number of aryl methyl sites for hydroxylation is 1. The molecule has 0 aliphatic carbocycles. The molecule has 5 nitrogen and oxygen atoms in total. The normalized spacial score (nSPS) is 11.3. The molecule has 2 rings (SSSR count). The predicted octanol–water partition coefficient (Wildman–Crippen LogP) is 3.21. The van der Waals surface area contributed by atoms with Crippen LogP contribution >= 0.6 is 22.9 Å². The minimum atomic E-state index is -3.84. The number of carboxylic acids is 1. The van der Waals surface area contributed by atoms with Crippen molar-refractivity contribution in [2.75, 3.05) is 4.72 Å². The Kier molecular flexibility index (Phi) is 4.03. The fourth-order valence-corrected chi connectivity index (χ4v) is 3.93. The number of aromatic carboxylic acids is 1. The van der Waals surface area contributed by atoms with Crippen molar-refractivity contribution in [1.82, 2.24) is 0 Å². The van der Waals surface area contributed by atoms with E-state index in [2.05, 4.69) is 4.72 Å². The summed E-state index contributed by atoms with van der Waals surface area (Å²) in [6.45, 7) is 1.81. The average molecular weight is 332 g/mol. The van der Waals surface area contributed by atoms with Gasteiger partial charge in [0.25, 0.3) is 10.0 Å². The Morgan fingerprint density at radius 1 is 1.35 bits per heavy atom. The molecule has 2 aromatic rings. The summed E-state index contributed by atoms with van der Waals surface area (Å²) in [4.78, 5) is 10.8. The summed E-state index contributed by atoms with van der Waals surface area (Å²) in [5.74, 6) is -1.17. The first kappa shape index (κ1) is 14.8. The lowest BCUT2D eigenvalue weighted by molar-refractivity contribution is 0.0697. The molecule has 1 heterocycles. The van der Waals surface area contributed by atoms with Crippen LogP contribution in [0.3, 0.4) is 0 Å². The van der Waals surface area contributed by atoms with Crippen molar-refractivity contribution in [3.63, 3.8) is 0 Å². The van der Waals surface area contributed by atoms with Gasteiger partial charge in [0.15, 0.2) is 0 Å². The summed E-state index contributed by atoms with van der Waals surface area (Å²) in [5.41, 5.74) is 1.05. The largest absolute Gasteiger partial charge is 0.478 e. The van der Waals surface area contributed by atoms with E-state index in [0.717, 1.165) is 23.0 Å². The fraction of sp³-hybridized carbons (Fsp3) is 0.0833. The van der Waals surface area contributed by atoms with Crippen LogP contribution in [-0.4, -0.2) is 19.5 Å². The number of thiophene rings is 1. The number of hydrogen-bond acceptors (Lipinski definition) is 4. The summed E-state index contributed by atoms with van der Waals surface area (Å²) in [6, 6.07) is 6.06. The van der Waals surface area contributed by atoms with Gasteiger partial charge in [0, 0.05) is 5.38 Å². The number of nitrogens with one attached hydrogen (secondary N) is 1. The fourth-order valence-electron chi connectivity index (χ4n) is 1.48. The number of carbonyl (C=O) groups is 1. The molecular formula is C12H10ClNO4S2. The van der Waals surface area contributed by atoms with Crippen LogP contribution in [0.15, 0.2) is 33.9 Å². The van der Waals surface area contributed by atoms with E-state index in [0.29, 0.717) is 0 Å². The van der Waals surface area contributed by atoms with Gasteiger partial charge in [-0.2, -0.15) is 0 Å². The first-order valence-corrected chi connectivity index (χ1v) is 8.14. The van der Waals surface area contributed by atoms with Gasteiger partial charge < -0.3 is 5.11 Å². The number of benzene rings is 1. The van der Waals surface area contributed by atoms with Crippen molar-refractivity contribution in [3.8, 4) is 0 Å². The van der Waals surface area contributed by atoms with Gasteiger partial charge in [-0.3, -0.25) is 4.72 Å². The van der Waals surface area contributed by atoms with Crippen LogP contribution in [0.25, 0.3) is 0 Å². The Labute approximate surface area is 124 Å². The standard InChI is InChI=1S/C12H10ClNO4S2/c1-7-2-3-9(13)10(4-7)14-20(17,18)11-5-8(6-19-11)12(15)16/h2-6,14H,1H3,(H,15,16). The molecule has 20 heavy (non-hydrogen) atoms. The Morgan fingerprint density at radius 3 is 2.65 bits per heavy atom. The first-order valence-electron chi connectivity index (χ1n) is 5.40. The molecule has 0 radical (unpaired) electrons. The SMILES string of the molecule is Cc1ccc(Cl)c(NS(=O)(=O)c2cc(C(=O)O)cs2)c1. The Morgan fingerprint density at radius 2 is 2.05 bits per heavy atom. The summed E-state index contributed by atoms with van der Waals surface area (Å²) < 4.78 is 26.6. The molecule has 0 saturated heterocycles. The molecule has 0 bridgehead atoms. The van der Waals surface area contributed by atoms with Gasteiger partial charge in [-0.1, -0.05) is 17.7 Å². The van der Waals surface area contributed by atoms with Crippen LogP contribution in [0.5, 0.6) is 0 Å². The van der Waals surface area contributed by atoms with Crippen molar-refractivity contribution in [1.29, 1.82) is 0 Å². The quantitative estimate of drug-likeness (QED) is 0.901. The van der Waals surface area contributed by atoms with Gasteiger partial charge in [-0.05, 0) is 30.7 Å². The number of hydrogen-bond donors (Lipinski definition) is 2. The summed E-state index contributed by atoms with van der Waals surface area (Å²) in [5, 5.41) is 10.3. The van der Waals surface area contributed by atoms with Gasteiger partial charge in [-0.25, -0.2) is 13.2 Å². The topological polar surface area (TPSA) is 83.5 Å². The zero-order valence-corrected chi connectivity index (χ0v) is 12.6. The third kappa shape index (κ3) is 3.12. The lowest BCUT2D eigenvalue weighted by Crippen LogP contribution is -2.12. The summed E-state index contributed by atoms with van der Waals surface area (Å²) in [7, 11) is -3.84. The lowest BCUT2D eigenvalue weighted by atomic mass is 10.2. The van der Waals surface area contributed by atoms with Crippen molar-refractivity contribution in [2.24, 2.45) is 0 Å². The Bertz CT molecular complexity index is 768. The minimum Gasteiger partial charge on any atom is -0.478 e. The van der Waals surface area contributed by atoms with Gasteiger partial charge >= 0.3 is 5.97 Å². The highest BCUT2D eigenvalue weighted by Gasteiger charge is 2.20. The molecule has 2 N–H and O–H groups in total. The maximum absolute atomic E-state index is 12.1. The predicted molar refractivity (Wildman–Crippen MR) is 78.3 cm³/mol. The minimum absolute atomic E-state index is 0.0642. The molecule has 8 heteroatoms. The zero-order chi connectivity index (χ0) is 14.9. The zero-order valence-electron chi connectivity index (χ0n) is 10.3. The van der Waals surface area contributed by atoms with Gasteiger partial charge in [0.2, 0.25) is 0 Å². The van der Waals surface area contributed by atoms with E-state index in [9.17, 15) is 13.2 Å². The molecule has 1 aromatic heterocycles. The number of halogens is 1. The highest BCUT2D eigenvalue weighted by Crippen LogP contribution is 2.28. The number of rotatable bonds is 4. The highest BCUT2D eigenvalue weighted by atomic mass is 35.5. The number of sulfonamides is 1. The molecule has 1 aromatic carbocycles. The van der Waals surface area contributed by atoms with Crippen LogP contribution < -0.4 is 4.72 Å². The Balaban J connectivity index is 2.35. The third-order valence-corrected chi connectivity index (χ3v) is 5.59. The summed E-state index contributed by atoms with van der Waals surface area (Å²) in [6.07, 6.45) is 0. The molecule has 0 amide bonds. The molecule has 0 fully saturated rings. The van der Waals surface area contributed by atoms with Gasteiger partial charge in [-0.15, -0.1) is 11.3 Å². The van der Waals surface area contributed by atoms with E-state index in [1.807, 2.05) is 6.92 Å². The van der Waals surface area contributed by atoms with E-state index in [4.69, 9.17) is 16.7 Å². The Hall–Kier alpha value is -1.57. The van der Waals surface area contributed by atoms with Crippen LogP contribution in [0.1, 0.15) is 15.9 Å². The maximum atomic E-state index is 12.1. The lowest BCUT2D eigenvalue weighted by Gasteiger charge is -2.08. The summed E-state index contributed by atoms with van der Waals surface area (Å²) >= 11 is 6.77. The smallest absolute Gasteiger partial charge is 0.336 e. The van der Waals surface area contributed by atoms with Crippen LogP contribution in [-0.2, 0) is 10.0 Å². The van der Waals surface area contributed by atoms with E-state index in [-0.39, 0.29) is 20.5 Å². The van der Waals surface area contributed by atoms with Crippen LogP contribution in [0, 0.1) is 6.92 Å². The van der Waals surface area contributed by atoms with Crippen molar-refractivity contribution >= 4 is 44.6 Å². The van der Waals surface area contributed by atoms with Crippen LogP contribution in [0.4, 0.5) is 5.69 Å². The molecule has 0 saturated carbocycles.